The normalized spacial score (nSPS) is 12.3. The first-order chi connectivity index (χ1) is 12.9. The van der Waals surface area contributed by atoms with E-state index in [2.05, 4.69) is 9.88 Å². The number of ether oxygens (including phenoxy) is 2. The number of hydrogen-bond donors (Lipinski definition) is 1. The van der Waals surface area contributed by atoms with Gasteiger partial charge in [0.15, 0.2) is 0 Å². The largest absolute Gasteiger partial charge is 0.463 e. The van der Waals surface area contributed by atoms with Gasteiger partial charge in [-0.15, -0.1) is 0 Å². The fourth-order valence-electron chi connectivity index (χ4n) is 3.19. The maximum Gasteiger partial charge on any atom is 0.407 e. The Balaban J connectivity index is 2.30. The number of alkyl carbamates (subject to hydrolysis) is 1. The number of rotatable bonds is 6. The standard InChI is InChI=1S/C22H32N2O4/c1-15(2)27-19(25)13-17-12-16-10-8-9-11-18(16)24(17)22(6,7)14-23-20(26)28-21(3,4)5/h8-12,15H,13-14H2,1-7H3,(H,23,26). The summed E-state index contributed by atoms with van der Waals surface area (Å²) in [7, 11) is 0. The van der Waals surface area contributed by atoms with Crippen LogP contribution in [0.3, 0.4) is 0 Å². The summed E-state index contributed by atoms with van der Waals surface area (Å²) in [5, 5.41) is 3.89. The van der Waals surface area contributed by atoms with E-state index in [0.717, 1.165) is 16.6 Å². The van der Waals surface area contributed by atoms with E-state index in [1.54, 1.807) is 0 Å². The first kappa shape index (κ1) is 21.8. The molecule has 1 N–H and O–H groups in total. The molecule has 0 fully saturated rings. The van der Waals surface area contributed by atoms with Crippen molar-refractivity contribution >= 4 is 23.0 Å². The Morgan fingerprint density at radius 1 is 1.11 bits per heavy atom. The third-order valence-corrected chi connectivity index (χ3v) is 4.15. The Labute approximate surface area is 167 Å². The van der Waals surface area contributed by atoms with Crippen LogP contribution in [-0.2, 0) is 26.2 Å². The summed E-state index contributed by atoms with van der Waals surface area (Å²) in [5.74, 6) is -0.269. The van der Waals surface area contributed by atoms with Crippen molar-refractivity contribution in [3.63, 3.8) is 0 Å². The van der Waals surface area contributed by atoms with Crippen LogP contribution in [0, 0.1) is 0 Å². The second kappa shape index (κ2) is 8.25. The van der Waals surface area contributed by atoms with Crippen LogP contribution in [0.15, 0.2) is 30.3 Å². The fourth-order valence-corrected chi connectivity index (χ4v) is 3.19. The molecule has 0 saturated heterocycles. The summed E-state index contributed by atoms with van der Waals surface area (Å²) < 4.78 is 12.8. The second-order valence-electron chi connectivity index (χ2n) is 8.91. The zero-order chi connectivity index (χ0) is 21.1. The molecule has 0 bridgehead atoms. The van der Waals surface area contributed by atoms with Gasteiger partial charge in [0.2, 0.25) is 0 Å². The molecule has 0 radical (unpaired) electrons. The monoisotopic (exact) mass is 388 g/mol. The molecule has 0 aliphatic carbocycles. The van der Waals surface area contributed by atoms with E-state index >= 15 is 0 Å². The zero-order valence-corrected chi connectivity index (χ0v) is 18.0. The maximum atomic E-state index is 12.3. The molecule has 0 aliphatic heterocycles. The van der Waals surface area contributed by atoms with Gasteiger partial charge in [-0.2, -0.15) is 0 Å². The van der Waals surface area contributed by atoms with Crippen LogP contribution in [0.25, 0.3) is 10.9 Å². The minimum atomic E-state index is -0.555. The number of carbonyl (C=O) groups excluding carboxylic acids is 2. The number of esters is 1. The number of nitrogens with one attached hydrogen (secondary N) is 1. The predicted octanol–water partition coefficient (Wildman–Crippen LogP) is 4.40. The van der Waals surface area contributed by atoms with Crippen molar-refractivity contribution in [2.75, 3.05) is 6.54 Å². The van der Waals surface area contributed by atoms with Crippen LogP contribution in [0.5, 0.6) is 0 Å². The van der Waals surface area contributed by atoms with Crippen LogP contribution in [-0.4, -0.2) is 34.9 Å². The van der Waals surface area contributed by atoms with E-state index < -0.39 is 17.2 Å². The minimum absolute atomic E-state index is 0.160. The molecule has 0 unspecified atom stereocenters. The van der Waals surface area contributed by atoms with Crippen molar-refractivity contribution in [3.05, 3.63) is 36.0 Å². The summed E-state index contributed by atoms with van der Waals surface area (Å²) in [6.07, 6.45) is -0.451. The number of amides is 1. The molecule has 2 rings (SSSR count). The van der Waals surface area contributed by atoms with Crippen molar-refractivity contribution in [3.8, 4) is 0 Å². The van der Waals surface area contributed by atoms with Crippen LogP contribution >= 0.6 is 0 Å². The highest BCUT2D eigenvalue weighted by Gasteiger charge is 2.28. The molecule has 0 saturated carbocycles. The number of fused-ring (bicyclic) bond motifs is 1. The summed E-state index contributed by atoms with van der Waals surface area (Å²) in [6.45, 7) is 13.6. The van der Waals surface area contributed by atoms with E-state index in [1.165, 1.54) is 0 Å². The van der Waals surface area contributed by atoms with Crippen LogP contribution in [0.4, 0.5) is 4.79 Å². The second-order valence-corrected chi connectivity index (χ2v) is 8.91. The third kappa shape index (κ3) is 5.75. The molecular weight excluding hydrogens is 356 g/mol. The average molecular weight is 389 g/mol. The highest BCUT2D eigenvalue weighted by Crippen LogP contribution is 2.28. The first-order valence-electron chi connectivity index (χ1n) is 9.65. The van der Waals surface area contributed by atoms with Crippen LogP contribution < -0.4 is 5.32 Å². The smallest absolute Gasteiger partial charge is 0.407 e. The maximum absolute atomic E-state index is 12.3. The molecule has 154 valence electrons. The van der Waals surface area contributed by atoms with E-state index in [9.17, 15) is 9.59 Å². The van der Waals surface area contributed by atoms with Gasteiger partial charge < -0.3 is 19.4 Å². The molecule has 0 atom stereocenters. The Hall–Kier alpha value is -2.50. The molecule has 6 nitrogen and oxygen atoms in total. The number of para-hydroxylation sites is 1. The van der Waals surface area contributed by atoms with E-state index in [-0.39, 0.29) is 18.5 Å². The summed E-state index contributed by atoms with van der Waals surface area (Å²) >= 11 is 0. The van der Waals surface area contributed by atoms with E-state index in [1.807, 2.05) is 78.8 Å². The topological polar surface area (TPSA) is 69.6 Å². The van der Waals surface area contributed by atoms with Crippen molar-refractivity contribution in [2.24, 2.45) is 0 Å². The van der Waals surface area contributed by atoms with Crippen molar-refractivity contribution in [1.82, 2.24) is 9.88 Å². The number of carbonyl (C=O) groups is 2. The number of aromatic nitrogens is 1. The van der Waals surface area contributed by atoms with Gasteiger partial charge in [0.25, 0.3) is 0 Å². The predicted molar refractivity (Wildman–Crippen MR) is 110 cm³/mol. The zero-order valence-electron chi connectivity index (χ0n) is 18.0. The number of benzene rings is 1. The lowest BCUT2D eigenvalue weighted by molar-refractivity contribution is -0.146. The lowest BCUT2D eigenvalue weighted by atomic mass is 10.0. The molecule has 0 aliphatic rings. The molecular formula is C22H32N2O4. The first-order valence-corrected chi connectivity index (χ1v) is 9.65. The highest BCUT2D eigenvalue weighted by molar-refractivity contribution is 5.84. The highest BCUT2D eigenvalue weighted by atomic mass is 16.6. The summed E-state index contributed by atoms with van der Waals surface area (Å²) in [4.78, 5) is 24.4. The van der Waals surface area contributed by atoms with Gasteiger partial charge in [-0.3, -0.25) is 4.79 Å². The number of nitrogens with zero attached hydrogens (tertiary/aromatic N) is 1. The third-order valence-electron chi connectivity index (χ3n) is 4.15. The lowest BCUT2D eigenvalue weighted by Gasteiger charge is -2.31. The molecule has 1 amide bonds. The molecule has 1 heterocycles. The minimum Gasteiger partial charge on any atom is -0.463 e. The van der Waals surface area contributed by atoms with Crippen molar-refractivity contribution < 1.29 is 19.1 Å². The Bertz CT molecular complexity index is 844. The molecule has 1 aromatic carbocycles. The van der Waals surface area contributed by atoms with Gasteiger partial charge in [0.05, 0.1) is 18.1 Å². The molecule has 6 heteroatoms. The van der Waals surface area contributed by atoms with E-state index in [4.69, 9.17) is 9.47 Å². The Morgan fingerprint density at radius 2 is 1.75 bits per heavy atom. The Morgan fingerprint density at radius 3 is 2.36 bits per heavy atom. The van der Waals surface area contributed by atoms with Crippen molar-refractivity contribution in [1.29, 1.82) is 0 Å². The lowest BCUT2D eigenvalue weighted by Crippen LogP contribution is -2.43. The molecule has 1 aromatic heterocycles. The van der Waals surface area contributed by atoms with Gasteiger partial charge in [0.1, 0.15) is 5.60 Å². The summed E-state index contributed by atoms with van der Waals surface area (Å²) in [6, 6.07) is 9.97. The van der Waals surface area contributed by atoms with Crippen LogP contribution in [0.1, 0.15) is 54.2 Å². The molecule has 2 aromatic rings. The van der Waals surface area contributed by atoms with Gasteiger partial charge in [-0.1, -0.05) is 18.2 Å². The average Bonchev–Trinajstić information content (AvgIpc) is 2.89. The quantitative estimate of drug-likeness (QED) is 0.745. The van der Waals surface area contributed by atoms with E-state index in [0.29, 0.717) is 6.54 Å². The van der Waals surface area contributed by atoms with Gasteiger partial charge >= 0.3 is 12.1 Å². The number of hydrogen-bond acceptors (Lipinski definition) is 4. The molecule has 0 spiro atoms. The van der Waals surface area contributed by atoms with Gasteiger partial charge in [0, 0.05) is 17.8 Å². The summed E-state index contributed by atoms with van der Waals surface area (Å²) in [5.41, 5.74) is 0.821. The molecule has 28 heavy (non-hydrogen) atoms. The van der Waals surface area contributed by atoms with Crippen LogP contribution in [0.2, 0.25) is 0 Å². The van der Waals surface area contributed by atoms with Gasteiger partial charge in [-0.25, -0.2) is 4.79 Å². The van der Waals surface area contributed by atoms with Gasteiger partial charge in [-0.05, 0) is 66.0 Å². The SMILES string of the molecule is CC(C)OC(=O)Cc1cc2ccccc2n1C(C)(C)CNC(=O)OC(C)(C)C. The Kier molecular flexibility index (Phi) is 6.42. The van der Waals surface area contributed by atoms with Crippen molar-refractivity contribution in [2.45, 2.75) is 72.1 Å². The fraction of sp³-hybridized carbons (Fsp3) is 0.545.